The van der Waals surface area contributed by atoms with Crippen molar-refractivity contribution < 1.29 is 17.9 Å². The van der Waals surface area contributed by atoms with Crippen LogP contribution < -0.4 is 0 Å². The first kappa shape index (κ1) is 23.9. The highest BCUT2D eigenvalue weighted by Gasteiger charge is 2.37. The predicted molar refractivity (Wildman–Crippen MR) is 117 cm³/mol. The van der Waals surface area contributed by atoms with E-state index in [1.807, 2.05) is 27.7 Å². The zero-order valence-electron chi connectivity index (χ0n) is 19.0. The van der Waals surface area contributed by atoms with E-state index in [2.05, 4.69) is 26.0 Å². The van der Waals surface area contributed by atoms with Crippen molar-refractivity contribution in [2.24, 2.45) is 5.92 Å². The van der Waals surface area contributed by atoms with Crippen LogP contribution >= 0.6 is 0 Å². The zero-order valence-corrected chi connectivity index (χ0v) is 19.8. The molecule has 0 N–H and O–H groups in total. The SMILES string of the molecule is CCOC(=O)[C@@H]1CCCN(S(=O)(=O)c2c(C(C)C)cc(C(C)C)cc2C(C)C)C1. The topological polar surface area (TPSA) is 63.7 Å². The smallest absolute Gasteiger partial charge is 0.310 e. The number of esters is 1. The van der Waals surface area contributed by atoms with Crippen molar-refractivity contribution >= 4 is 16.0 Å². The highest BCUT2D eigenvalue weighted by molar-refractivity contribution is 7.89. The number of ether oxygens (including phenoxy) is 1. The van der Waals surface area contributed by atoms with Crippen LogP contribution in [0.5, 0.6) is 0 Å². The molecule has 1 aromatic carbocycles. The van der Waals surface area contributed by atoms with Gasteiger partial charge in [-0.2, -0.15) is 4.31 Å². The minimum Gasteiger partial charge on any atom is -0.466 e. The van der Waals surface area contributed by atoms with Gasteiger partial charge in [0, 0.05) is 13.1 Å². The third-order valence-corrected chi connectivity index (χ3v) is 7.68. The van der Waals surface area contributed by atoms with E-state index >= 15 is 0 Å². The second-order valence-electron chi connectivity index (χ2n) is 8.95. The first-order chi connectivity index (χ1) is 13.5. The molecule has 0 radical (unpaired) electrons. The molecule has 2 rings (SSSR count). The Morgan fingerprint density at radius 3 is 2.07 bits per heavy atom. The molecule has 0 aliphatic carbocycles. The average Bonchev–Trinajstić information content (AvgIpc) is 2.66. The Balaban J connectivity index is 2.57. The van der Waals surface area contributed by atoms with Gasteiger partial charge in [0.1, 0.15) is 0 Å². The molecule has 1 heterocycles. The Hall–Kier alpha value is -1.40. The first-order valence-electron chi connectivity index (χ1n) is 10.8. The predicted octanol–water partition coefficient (Wildman–Crippen LogP) is 5.02. The Morgan fingerprint density at radius 2 is 1.62 bits per heavy atom. The van der Waals surface area contributed by atoms with E-state index < -0.39 is 15.9 Å². The number of sulfonamides is 1. The van der Waals surface area contributed by atoms with E-state index in [4.69, 9.17) is 4.74 Å². The van der Waals surface area contributed by atoms with Crippen LogP contribution in [0.2, 0.25) is 0 Å². The van der Waals surface area contributed by atoms with Crippen LogP contribution in [0.15, 0.2) is 17.0 Å². The van der Waals surface area contributed by atoms with Crippen LogP contribution in [0.1, 0.15) is 95.8 Å². The van der Waals surface area contributed by atoms with Crippen LogP contribution in [0.4, 0.5) is 0 Å². The van der Waals surface area contributed by atoms with E-state index in [0.29, 0.717) is 36.8 Å². The van der Waals surface area contributed by atoms with Crippen molar-refractivity contribution in [2.45, 2.75) is 84.0 Å². The summed E-state index contributed by atoms with van der Waals surface area (Å²) < 4.78 is 34.3. The van der Waals surface area contributed by atoms with Gasteiger partial charge in [-0.05, 0) is 54.2 Å². The van der Waals surface area contributed by atoms with Gasteiger partial charge in [-0.1, -0.05) is 53.7 Å². The lowest BCUT2D eigenvalue weighted by molar-refractivity contribution is -0.149. The lowest BCUT2D eigenvalue weighted by Crippen LogP contribution is -2.43. The van der Waals surface area contributed by atoms with Crippen LogP contribution in [0.3, 0.4) is 0 Å². The molecule has 0 spiro atoms. The molecule has 1 fully saturated rings. The molecule has 0 unspecified atom stereocenters. The molecule has 164 valence electrons. The van der Waals surface area contributed by atoms with Crippen molar-refractivity contribution in [3.05, 3.63) is 28.8 Å². The second kappa shape index (κ2) is 9.61. The lowest BCUT2D eigenvalue weighted by Gasteiger charge is -2.33. The van der Waals surface area contributed by atoms with Gasteiger partial charge in [-0.3, -0.25) is 4.79 Å². The molecule has 1 aromatic rings. The summed E-state index contributed by atoms with van der Waals surface area (Å²) in [6, 6.07) is 4.11. The summed E-state index contributed by atoms with van der Waals surface area (Å²) >= 11 is 0. The Bertz CT molecular complexity index is 798. The van der Waals surface area contributed by atoms with Crippen molar-refractivity contribution in [1.82, 2.24) is 4.31 Å². The van der Waals surface area contributed by atoms with E-state index in [1.165, 1.54) is 9.87 Å². The molecule has 0 amide bonds. The third kappa shape index (κ3) is 5.21. The van der Waals surface area contributed by atoms with E-state index in [9.17, 15) is 13.2 Å². The molecule has 1 atom stereocenters. The minimum atomic E-state index is -3.71. The molecule has 5 nitrogen and oxygen atoms in total. The molecule has 6 heteroatoms. The molecular formula is C23H37NO4S. The molecule has 0 aromatic heterocycles. The molecule has 0 saturated carbocycles. The van der Waals surface area contributed by atoms with Crippen molar-refractivity contribution in [1.29, 1.82) is 0 Å². The van der Waals surface area contributed by atoms with Gasteiger partial charge in [0.05, 0.1) is 17.4 Å². The number of hydrogen-bond acceptors (Lipinski definition) is 4. The monoisotopic (exact) mass is 423 g/mol. The Morgan fingerprint density at radius 1 is 1.07 bits per heavy atom. The number of piperidine rings is 1. The second-order valence-corrected chi connectivity index (χ2v) is 10.8. The summed E-state index contributed by atoms with van der Waals surface area (Å²) in [4.78, 5) is 12.7. The van der Waals surface area contributed by atoms with Crippen LogP contribution in [-0.2, 0) is 19.6 Å². The van der Waals surface area contributed by atoms with Gasteiger partial charge in [-0.15, -0.1) is 0 Å². The highest BCUT2D eigenvalue weighted by Crippen LogP contribution is 2.37. The average molecular weight is 424 g/mol. The van der Waals surface area contributed by atoms with Gasteiger partial charge in [0.2, 0.25) is 10.0 Å². The molecule has 1 aliphatic heterocycles. The zero-order chi connectivity index (χ0) is 21.9. The third-order valence-electron chi connectivity index (χ3n) is 5.68. The van der Waals surface area contributed by atoms with Crippen LogP contribution in [0, 0.1) is 5.92 Å². The van der Waals surface area contributed by atoms with Crippen molar-refractivity contribution in [2.75, 3.05) is 19.7 Å². The van der Waals surface area contributed by atoms with Crippen molar-refractivity contribution in [3.8, 4) is 0 Å². The maximum atomic E-state index is 13.8. The van der Waals surface area contributed by atoms with Gasteiger partial charge in [0.25, 0.3) is 0 Å². The van der Waals surface area contributed by atoms with Gasteiger partial charge in [0.15, 0.2) is 0 Å². The Labute approximate surface area is 176 Å². The van der Waals surface area contributed by atoms with E-state index in [0.717, 1.165) is 11.1 Å². The normalized spacial score (nSPS) is 18.6. The fraction of sp³-hybridized carbons (Fsp3) is 0.696. The van der Waals surface area contributed by atoms with Gasteiger partial charge in [-0.25, -0.2) is 8.42 Å². The number of nitrogens with zero attached hydrogens (tertiary/aromatic N) is 1. The number of carbonyl (C=O) groups excluding carboxylic acids is 1. The minimum absolute atomic E-state index is 0.0848. The molecule has 29 heavy (non-hydrogen) atoms. The number of benzene rings is 1. The maximum absolute atomic E-state index is 13.8. The largest absolute Gasteiger partial charge is 0.466 e. The van der Waals surface area contributed by atoms with Crippen LogP contribution in [0.25, 0.3) is 0 Å². The standard InChI is InChI=1S/C23H37NO4S/c1-8-28-23(25)18-10-9-11-24(14-18)29(26,27)22-20(16(4)5)12-19(15(2)3)13-21(22)17(6)7/h12-13,15-18H,8-11,14H2,1-7H3/t18-/m1/s1. The molecular weight excluding hydrogens is 386 g/mol. The van der Waals surface area contributed by atoms with E-state index in [-0.39, 0.29) is 24.3 Å². The summed E-state index contributed by atoms with van der Waals surface area (Å²) in [6.45, 7) is 15.2. The molecule has 1 aliphatic rings. The highest BCUT2D eigenvalue weighted by atomic mass is 32.2. The fourth-order valence-electron chi connectivity index (χ4n) is 3.93. The first-order valence-corrected chi connectivity index (χ1v) is 12.3. The summed E-state index contributed by atoms with van der Waals surface area (Å²) in [7, 11) is -3.71. The van der Waals surface area contributed by atoms with Crippen LogP contribution in [-0.4, -0.2) is 38.4 Å². The number of rotatable bonds is 7. The lowest BCUT2D eigenvalue weighted by atomic mass is 9.89. The van der Waals surface area contributed by atoms with E-state index in [1.54, 1.807) is 6.92 Å². The summed E-state index contributed by atoms with van der Waals surface area (Å²) in [5.41, 5.74) is 2.91. The summed E-state index contributed by atoms with van der Waals surface area (Å²) in [6.07, 6.45) is 1.34. The molecule has 0 bridgehead atoms. The molecule has 1 saturated heterocycles. The summed E-state index contributed by atoms with van der Waals surface area (Å²) in [5, 5.41) is 0. The van der Waals surface area contributed by atoms with Gasteiger partial charge < -0.3 is 4.74 Å². The quantitative estimate of drug-likeness (QED) is 0.578. The Kier molecular flexibility index (Phi) is 7.91. The summed E-state index contributed by atoms with van der Waals surface area (Å²) in [5.74, 6) is -0.192. The fourth-order valence-corrected chi connectivity index (χ4v) is 6.12. The maximum Gasteiger partial charge on any atom is 0.310 e. The number of carbonyl (C=O) groups is 1. The van der Waals surface area contributed by atoms with Gasteiger partial charge >= 0.3 is 5.97 Å². The van der Waals surface area contributed by atoms with Crippen molar-refractivity contribution in [3.63, 3.8) is 0 Å². The number of hydrogen-bond donors (Lipinski definition) is 0.